The summed E-state index contributed by atoms with van der Waals surface area (Å²) in [6.07, 6.45) is 10.8. The lowest BCUT2D eigenvalue weighted by atomic mass is 10.1. The van der Waals surface area contributed by atoms with Crippen LogP contribution in [-0.2, 0) is 4.79 Å². The average molecular weight is 258 g/mol. The van der Waals surface area contributed by atoms with Gasteiger partial charge in [-0.1, -0.05) is 57.3 Å². The minimum atomic E-state index is -0.886. The average Bonchev–Trinajstić information content (AvgIpc) is 2.42. The highest BCUT2D eigenvalue weighted by Crippen LogP contribution is 2.05. The van der Waals surface area contributed by atoms with E-state index in [2.05, 4.69) is 37.2 Å². The van der Waals surface area contributed by atoms with Crippen LogP contribution in [0.25, 0.3) is 0 Å². The molecular weight excluding hydrogens is 236 g/mol. The third kappa shape index (κ3) is 12.5. The van der Waals surface area contributed by atoms with Crippen molar-refractivity contribution in [3.8, 4) is 23.7 Å². The molecule has 2 heteroatoms. The summed E-state index contributed by atoms with van der Waals surface area (Å²) < 4.78 is 0. The molecule has 0 aromatic heterocycles. The van der Waals surface area contributed by atoms with Crippen LogP contribution in [0.5, 0.6) is 0 Å². The summed E-state index contributed by atoms with van der Waals surface area (Å²) in [5, 5.41) is 9.03. The Hall–Kier alpha value is -1.77. The van der Waals surface area contributed by atoms with E-state index in [0.29, 0.717) is 0 Å². The Morgan fingerprint density at radius 3 is 2.68 bits per heavy atom. The lowest BCUT2D eigenvalue weighted by Crippen LogP contribution is -1.94. The minimum absolute atomic E-state index is 0.254. The van der Waals surface area contributed by atoms with Gasteiger partial charge in [-0.3, -0.25) is 4.79 Å². The van der Waals surface area contributed by atoms with Crippen molar-refractivity contribution in [3.05, 3.63) is 24.8 Å². The van der Waals surface area contributed by atoms with E-state index >= 15 is 0 Å². The number of aliphatic hydroxyl groups is 1. The van der Waals surface area contributed by atoms with Crippen molar-refractivity contribution in [2.75, 3.05) is 0 Å². The molecule has 0 spiro atoms. The summed E-state index contributed by atoms with van der Waals surface area (Å²) in [7, 11) is 0. The smallest absolute Gasteiger partial charge is 0.229 e. The van der Waals surface area contributed by atoms with Crippen molar-refractivity contribution >= 4 is 5.78 Å². The van der Waals surface area contributed by atoms with Crippen LogP contribution in [0.2, 0.25) is 0 Å². The van der Waals surface area contributed by atoms with E-state index < -0.39 is 6.10 Å². The summed E-state index contributed by atoms with van der Waals surface area (Å²) in [6.45, 7) is 5.56. The molecule has 0 saturated carbocycles. The standard InChI is InChI=1S/C17H22O2/c1-3-5-6-7-8-9-10-14-17(19)15-12-11-13-16(18)4-2/h4,10,14,16,18H,2-3,5-9H2,1H3. The molecule has 0 bridgehead atoms. The van der Waals surface area contributed by atoms with Gasteiger partial charge in [-0.25, -0.2) is 0 Å². The fourth-order valence-corrected chi connectivity index (χ4v) is 1.36. The number of carbonyl (C=O) groups excluding carboxylic acids is 1. The number of allylic oxidation sites excluding steroid dienone is 2. The summed E-state index contributed by atoms with van der Waals surface area (Å²) in [4.78, 5) is 11.3. The molecule has 0 aliphatic heterocycles. The van der Waals surface area contributed by atoms with Gasteiger partial charge in [0.25, 0.3) is 0 Å². The van der Waals surface area contributed by atoms with Crippen molar-refractivity contribution in [2.24, 2.45) is 0 Å². The molecule has 2 nitrogen and oxygen atoms in total. The lowest BCUT2D eigenvalue weighted by molar-refractivity contribution is -0.109. The second-order valence-electron chi connectivity index (χ2n) is 4.17. The van der Waals surface area contributed by atoms with Gasteiger partial charge >= 0.3 is 0 Å². The summed E-state index contributed by atoms with van der Waals surface area (Å²) in [5.74, 6) is 9.35. The first kappa shape index (κ1) is 17.2. The predicted molar refractivity (Wildman–Crippen MR) is 79.3 cm³/mol. The molecule has 1 N–H and O–H groups in total. The van der Waals surface area contributed by atoms with Gasteiger partial charge in [0.05, 0.1) is 0 Å². The summed E-state index contributed by atoms with van der Waals surface area (Å²) in [6, 6.07) is 0. The number of aliphatic hydroxyl groups excluding tert-OH is 1. The Balaban J connectivity index is 3.81. The van der Waals surface area contributed by atoms with Gasteiger partial charge in [-0.15, -0.1) is 0 Å². The van der Waals surface area contributed by atoms with Crippen LogP contribution < -0.4 is 0 Å². The highest BCUT2D eigenvalue weighted by atomic mass is 16.3. The molecule has 0 radical (unpaired) electrons. The van der Waals surface area contributed by atoms with Crippen molar-refractivity contribution in [1.82, 2.24) is 0 Å². The number of hydrogen-bond donors (Lipinski definition) is 1. The van der Waals surface area contributed by atoms with Crippen LogP contribution in [0, 0.1) is 23.7 Å². The molecule has 1 unspecified atom stereocenters. The van der Waals surface area contributed by atoms with E-state index in [1.807, 2.05) is 6.08 Å². The highest BCUT2D eigenvalue weighted by molar-refractivity contribution is 6.04. The Morgan fingerprint density at radius 2 is 2.00 bits per heavy atom. The Bertz CT molecular complexity index is 410. The maximum Gasteiger partial charge on any atom is 0.229 e. The molecule has 0 amide bonds. The van der Waals surface area contributed by atoms with Gasteiger partial charge in [0.2, 0.25) is 5.78 Å². The van der Waals surface area contributed by atoms with E-state index in [1.165, 1.54) is 37.8 Å². The molecule has 0 heterocycles. The molecule has 0 aliphatic rings. The van der Waals surface area contributed by atoms with Crippen molar-refractivity contribution in [1.29, 1.82) is 0 Å². The van der Waals surface area contributed by atoms with Crippen LogP contribution in [0.4, 0.5) is 0 Å². The number of hydrogen-bond acceptors (Lipinski definition) is 2. The first-order valence-corrected chi connectivity index (χ1v) is 6.73. The number of ketones is 1. The molecule has 0 aromatic rings. The van der Waals surface area contributed by atoms with Crippen LogP contribution in [0.3, 0.4) is 0 Å². The monoisotopic (exact) mass is 258 g/mol. The Labute approximate surface area is 116 Å². The molecule has 0 aromatic carbocycles. The van der Waals surface area contributed by atoms with E-state index in [0.717, 1.165) is 12.8 Å². The Morgan fingerprint density at radius 1 is 1.26 bits per heavy atom. The van der Waals surface area contributed by atoms with E-state index in [-0.39, 0.29) is 5.78 Å². The van der Waals surface area contributed by atoms with Crippen LogP contribution in [0.1, 0.15) is 45.4 Å². The number of rotatable bonds is 8. The molecular formula is C17H22O2. The van der Waals surface area contributed by atoms with Crippen molar-refractivity contribution in [2.45, 2.75) is 51.6 Å². The molecule has 0 fully saturated rings. The number of unbranched alkanes of at least 4 members (excludes halogenated alkanes) is 5. The van der Waals surface area contributed by atoms with Gasteiger partial charge < -0.3 is 5.11 Å². The van der Waals surface area contributed by atoms with Gasteiger partial charge in [0.1, 0.15) is 6.10 Å². The SMILES string of the molecule is C=CC(O)C#CC#CC(=O)C=CCCCCCCC. The quantitative estimate of drug-likeness (QED) is 0.239. The zero-order valence-corrected chi connectivity index (χ0v) is 11.6. The zero-order valence-electron chi connectivity index (χ0n) is 11.6. The summed E-state index contributed by atoms with van der Waals surface area (Å²) >= 11 is 0. The molecule has 0 saturated heterocycles. The van der Waals surface area contributed by atoms with Crippen molar-refractivity contribution in [3.63, 3.8) is 0 Å². The number of carbonyl (C=O) groups is 1. The molecule has 19 heavy (non-hydrogen) atoms. The van der Waals surface area contributed by atoms with Gasteiger partial charge in [-0.2, -0.15) is 0 Å². The van der Waals surface area contributed by atoms with Gasteiger partial charge in [-0.05, 0) is 36.7 Å². The highest BCUT2D eigenvalue weighted by Gasteiger charge is 1.89. The first-order valence-electron chi connectivity index (χ1n) is 6.73. The maximum atomic E-state index is 11.3. The molecule has 1 atom stereocenters. The lowest BCUT2D eigenvalue weighted by Gasteiger charge is -1.95. The van der Waals surface area contributed by atoms with Gasteiger partial charge in [0.15, 0.2) is 0 Å². The maximum absolute atomic E-state index is 11.3. The van der Waals surface area contributed by atoms with E-state index in [4.69, 9.17) is 5.11 Å². The zero-order chi connectivity index (χ0) is 14.3. The molecule has 0 rings (SSSR count). The predicted octanol–water partition coefficient (Wildman–Crippen LogP) is 3.03. The van der Waals surface area contributed by atoms with Crippen LogP contribution in [-0.4, -0.2) is 17.0 Å². The topological polar surface area (TPSA) is 37.3 Å². The van der Waals surface area contributed by atoms with Gasteiger partial charge in [0, 0.05) is 0 Å². The normalized spacial score (nSPS) is 11.1. The summed E-state index contributed by atoms with van der Waals surface area (Å²) in [5.41, 5.74) is 0. The van der Waals surface area contributed by atoms with Crippen molar-refractivity contribution < 1.29 is 9.90 Å². The fourth-order valence-electron chi connectivity index (χ4n) is 1.36. The molecule has 0 aliphatic carbocycles. The largest absolute Gasteiger partial charge is 0.377 e. The second-order valence-corrected chi connectivity index (χ2v) is 4.17. The first-order chi connectivity index (χ1) is 9.20. The third-order valence-corrected chi connectivity index (χ3v) is 2.44. The molecule has 102 valence electrons. The fraction of sp³-hybridized carbons (Fsp3) is 0.471. The van der Waals surface area contributed by atoms with E-state index in [9.17, 15) is 4.79 Å². The minimum Gasteiger partial charge on any atom is -0.377 e. The van der Waals surface area contributed by atoms with Crippen LogP contribution in [0.15, 0.2) is 24.8 Å². The van der Waals surface area contributed by atoms with Crippen LogP contribution >= 0.6 is 0 Å². The van der Waals surface area contributed by atoms with E-state index in [1.54, 1.807) is 0 Å². The Kier molecular flexibility index (Phi) is 11.5. The third-order valence-electron chi connectivity index (χ3n) is 2.44. The second kappa shape index (κ2) is 12.7.